The molecule has 0 saturated carbocycles. The van der Waals surface area contributed by atoms with Crippen LogP contribution in [-0.4, -0.2) is 47.9 Å². The number of nitrogens with zero attached hydrogens (tertiary/aromatic N) is 2. The maximum Gasteiger partial charge on any atom is 0.245 e. The lowest BCUT2D eigenvalue weighted by Gasteiger charge is -2.28. The molecule has 1 fully saturated rings. The number of carbonyl (C=O) groups is 2. The molecule has 1 saturated heterocycles. The smallest absolute Gasteiger partial charge is 0.245 e. The van der Waals surface area contributed by atoms with Crippen LogP contribution in [0.3, 0.4) is 0 Å². The van der Waals surface area contributed by atoms with Crippen LogP contribution in [0.4, 0.5) is 0 Å². The highest BCUT2D eigenvalue weighted by Crippen LogP contribution is 2.23. The van der Waals surface area contributed by atoms with E-state index in [0.29, 0.717) is 26.1 Å². The van der Waals surface area contributed by atoms with Crippen LogP contribution in [-0.2, 0) is 22.6 Å². The molecular weight excluding hydrogens is 352 g/mol. The Morgan fingerprint density at radius 3 is 2.57 bits per heavy atom. The lowest BCUT2D eigenvalue weighted by molar-refractivity contribution is -0.143. The minimum Gasteiger partial charge on any atom is -0.494 e. The molecular formula is C23H28N2O3. The maximum atomic E-state index is 13.1. The van der Waals surface area contributed by atoms with Crippen molar-refractivity contribution in [1.29, 1.82) is 0 Å². The topological polar surface area (TPSA) is 49.9 Å². The van der Waals surface area contributed by atoms with Gasteiger partial charge in [0.1, 0.15) is 11.8 Å². The number of hydrogen-bond donors (Lipinski definition) is 0. The Morgan fingerprint density at radius 1 is 1.11 bits per heavy atom. The number of amides is 2. The molecule has 0 bridgehead atoms. The van der Waals surface area contributed by atoms with Crippen LogP contribution in [0.25, 0.3) is 0 Å². The van der Waals surface area contributed by atoms with E-state index in [4.69, 9.17) is 4.74 Å². The average molecular weight is 380 g/mol. The molecule has 3 rings (SSSR count). The summed E-state index contributed by atoms with van der Waals surface area (Å²) >= 11 is 0. The Hall–Kier alpha value is -2.82. The van der Waals surface area contributed by atoms with E-state index in [0.717, 1.165) is 29.7 Å². The molecule has 1 aliphatic heterocycles. The molecule has 1 aliphatic rings. The third kappa shape index (κ3) is 4.71. The monoisotopic (exact) mass is 380 g/mol. The van der Waals surface area contributed by atoms with Gasteiger partial charge in [-0.25, -0.2) is 0 Å². The van der Waals surface area contributed by atoms with Crippen LogP contribution in [0.1, 0.15) is 30.9 Å². The summed E-state index contributed by atoms with van der Waals surface area (Å²) in [5.74, 6) is 0.809. The van der Waals surface area contributed by atoms with E-state index >= 15 is 0 Å². The summed E-state index contributed by atoms with van der Waals surface area (Å²) < 4.78 is 5.67. The summed E-state index contributed by atoms with van der Waals surface area (Å²) in [4.78, 5) is 29.3. The number of para-hydroxylation sites is 1. The van der Waals surface area contributed by atoms with Crippen molar-refractivity contribution in [3.8, 4) is 5.75 Å². The van der Waals surface area contributed by atoms with Crippen LogP contribution in [0.15, 0.2) is 54.6 Å². The summed E-state index contributed by atoms with van der Waals surface area (Å²) in [7, 11) is 1.79. The third-order valence-corrected chi connectivity index (χ3v) is 5.11. The number of likely N-dealkylation sites (N-methyl/N-ethyl adjacent to an activating group) is 1. The molecule has 1 unspecified atom stereocenters. The average Bonchev–Trinajstić information content (AvgIpc) is 3.20. The highest BCUT2D eigenvalue weighted by atomic mass is 16.5. The van der Waals surface area contributed by atoms with Crippen molar-refractivity contribution in [2.75, 3.05) is 20.2 Å². The van der Waals surface area contributed by atoms with Crippen molar-refractivity contribution in [3.05, 3.63) is 65.7 Å². The Morgan fingerprint density at radius 2 is 1.82 bits per heavy atom. The van der Waals surface area contributed by atoms with Gasteiger partial charge in [-0.2, -0.15) is 0 Å². The van der Waals surface area contributed by atoms with Crippen LogP contribution in [0, 0.1) is 0 Å². The van der Waals surface area contributed by atoms with Crippen LogP contribution in [0.2, 0.25) is 0 Å². The second kappa shape index (κ2) is 9.40. The molecule has 5 heteroatoms. The molecule has 1 atom stereocenters. The molecule has 2 aromatic carbocycles. The van der Waals surface area contributed by atoms with E-state index in [1.807, 2.05) is 61.5 Å². The van der Waals surface area contributed by atoms with Gasteiger partial charge in [-0.1, -0.05) is 48.5 Å². The largest absolute Gasteiger partial charge is 0.494 e. The quantitative estimate of drug-likeness (QED) is 0.741. The Kier molecular flexibility index (Phi) is 6.69. The van der Waals surface area contributed by atoms with Gasteiger partial charge in [-0.05, 0) is 31.4 Å². The number of ether oxygens (including phenoxy) is 1. The first kappa shape index (κ1) is 19.9. The Labute approximate surface area is 166 Å². The van der Waals surface area contributed by atoms with Crippen LogP contribution < -0.4 is 4.74 Å². The lowest BCUT2D eigenvalue weighted by Crippen LogP contribution is -2.46. The third-order valence-electron chi connectivity index (χ3n) is 5.11. The summed E-state index contributed by atoms with van der Waals surface area (Å²) in [5.41, 5.74) is 1.95. The SMILES string of the molecule is CCOc1ccccc1CN(C)C(=O)C1CCCN1C(=O)Cc1ccccc1. The van der Waals surface area contributed by atoms with E-state index in [9.17, 15) is 9.59 Å². The van der Waals surface area contributed by atoms with Gasteiger partial charge >= 0.3 is 0 Å². The van der Waals surface area contributed by atoms with Gasteiger partial charge in [0.25, 0.3) is 0 Å². The molecule has 2 aromatic rings. The summed E-state index contributed by atoms with van der Waals surface area (Å²) in [6.45, 7) is 3.64. The second-order valence-electron chi connectivity index (χ2n) is 7.14. The van der Waals surface area contributed by atoms with Crippen molar-refractivity contribution < 1.29 is 14.3 Å². The predicted octanol–water partition coefficient (Wildman–Crippen LogP) is 3.28. The summed E-state index contributed by atoms with van der Waals surface area (Å²) in [6, 6.07) is 17.1. The van der Waals surface area contributed by atoms with E-state index in [2.05, 4.69) is 0 Å². The van der Waals surface area contributed by atoms with E-state index in [1.54, 1.807) is 16.8 Å². The number of benzene rings is 2. The Bertz CT molecular complexity index is 807. The molecule has 0 N–H and O–H groups in total. The van der Waals surface area contributed by atoms with E-state index in [1.165, 1.54) is 0 Å². The molecule has 5 nitrogen and oxygen atoms in total. The highest BCUT2D eigenvalue weighted by Gasteiger charge is 2.35. The zero-order chi connectivity index (χ0) is 19.9. The summed E-state index contributed by atoms with van der Waals surface area (Å²) in [6.07, 6.45) is 1.92. The Balaban J connectivity index is 1.66. The fourth-order valence-electron chi connectivity index (χ4n) is 3.71. The number of rotatable bonds is 7. The van der Waals surface area contributed by atoms with Gasteiger partial charge in [0.05, 0.1) is 13.0 Å². The summed E-state index contributed by atoms with van der Waals surface area (Å²) in [5, 5.41) is 0. The highest BCUT2D eigenvalue weighted by molar-refractivity contribution is 5.89. The first-order valence-corrected chi connectivity index (χ1v) is 9.89. The van der Waals surface area contributed by atoms with Crippen molar-refractivity contribution in [1.82, 2.24) is 9.80 Å². The molecule has 148 valence electrons. The van der Waals surface area contributed by atoms with Gasteiger partial charge in [-0.3, -0.25) is 9.59 Å². The van der Waals surface area contributed by atoms with Gasteiger partial charge in [0.2, 0.25) is 11.8 Å². The zero-order valence-corrected chi connectivity index (χ0v) is 16.6. The molecule has 28 heavy (non-hydrogen) atoms. The first-order chi connectivity index (χ1) is 13.6. The molecule has 1 heterocycles. The number of carbonyl (C=O) groups excluding carboxylic acids is 2. The predicted molar refractivity (Wildman–Crippen MR) is 109 cm³/mol. The molecule has 2 amide bonds. The number of likely N-dealkylation sites (tertiary alicyclic amines) is 1. The van der Waals surface area contributed by atoms with Crippen molar-refractivity contribution in [2.45, 2.75) is 38.8 Å². The molecule has 0 spiro atoms. The van der Waals surface area contributed by atoms with Crippen LogP contribution in [0.5, 0.6) is 5.75 Å². The number of hydrogen-bond acceptors (Lipinski definition) is 3. The van der Waals surface area contributed by atoms with Gasteiger partial charge in [0, 0.05) is 25.7 Å². The second-order valence-corrected chi connectivity index (χ2v) is 7.14. The minimum absolute atomic E-state index is 0.00906. The van der Waals surface area contributed by atoms with E-state index in [-0.39, 0.29) is 17.9 Å². The van der Waals surface area contributed by atoms with Gasteiger partial charge in [-0.15, -0.1) is 0 Å². The first-order valence-electron chi connectivity index (χ1n) is 9.89. The van der Waals surface area contributed by atoms with Crippen molar-refractivity contribution >= 4 is 11.8 Å². The minimum atomic E-state index is -0.375. The van der Waals surface area contributed by atoms with Crippen LogP contribution >= 0.6 is 0 Å². The lowest BCUT2D eigenvalue weighted by atomic mass is 10.1. The fraction of sp³-hybridized carbons (Fsp3) is 0.391. The van der Waals surface area contributed by atoms with E-state index < -0.39 is 0 Å². The standard InChI is InChI=1S/C23H28N2O3/c1-3-28-21-14-8-7-12-19(21)17-24(2)23(27)20-13-9-15-25(20)22(26)16-18-10-5-4-6-11-18/h4-8,10-12,14,20H,3,9,13,15-17H2,1-2H3. The van der Waals surface area contributed by atoms with Gasteiger partial charge < -0.3 is 14.5 Å². The van der Waals surface area contributed by atoms with Gasteiger partial charge in [0.15, 0.2) is 0 Å². The van der Waals surface area contributed by atoms with Crippen molar-refractivity contribution in [3.63, 3.8) is 0 Å². The normalized spacial score (nSPS) is 16.1. The molecule has 0 radical (unpaired) electrons. The molecule has 0 aliphatic carbocycles. The maximum absolute atomic E-state index is 13.1. The molecule has 0 aromatic heterocycles. The fourth-order valence-corrected chi connectivity index (χ4v) is 3.71. The van der Waals surface area contributed by atoms with Crippen molar-refractivity contribution in [2.24, 2.45) is 0 Å². The zero-order valence-electron chi connectivity index (χ0n) is 16.6.